The topological polar surface area (TPSA) is 81.4 Å². The number of anilines is 1. The fraction of sp³-hybridized carbons (Fsp3) is 0.529. The number of amides is 1. The molecule has 6 heteroatoms. The molecule has 0 aliphatic heterocycles. The van der Waals surface area contributed by atoms with Crippen LogP contribution < -0.4 is 11.1 Å². The van der Waals surface area contributed by atoms with Crippen molar-refractivity contribution in [1.82, 2.24) is 0 Å². The summed E-state index contributed by atoms with van der Waals surface area (Å²) >= 11 is 0. The third-order valence-corrected chi connectivity index (χ3v) is 4.21. The van der Waals surface area contributed by atoms with E-state index < -0.39 is 5.54 Å². The van der Waals surface area contributed by atoms with Crippen LogP contribution in [0, 0.1) is 5.92 Å². The van der Waals surface area contributed by atoms with Crippen LogP contribution >= 0.6 is 12.4 Å². The molecule has 2 rings (SSSR count). The molecular formula is C17H25ClN2O3. The highest BCUT2D eigenvalue weighted by atomic mass is 35.5. The van der Waals surface area contributed by atoms with Gasteiger partial charge < -0.3 is 15.8 Å². The van der Waals surface area contributed by atoms with Gasteiger partial charge in [0.15, 0.2) is 0 Å². The fourth-order valence-corrected chi connectivity index (χ4v) is 2.96. The van der Waals surface area contributed by atoms with Crippen molar-refractivity contribution in [3.8, 4) is 0 Å². The standard InChI is InChI=1S/C17H24N2O3.ClH/c1-3-22-16(21)12-7-6-8-13(11-12)19-15(20)14-9-4-5-10-17(14,2)18;/h6-8,11,14H,3-5,9-10,18H2,1-2H3,(H,19,20);1H. The van der Waals surface area contributed by atoms with Crippen molar-refractivity contribution in [3.05, 3.63) is 29.8 Å². The van der Waals surface area contributed by atoms with Gasteiger partial charge in [0.1, 0.15) is 0 Å². The summed E-state index contributed by atoms with van der Waals surface area (Å²) in [5.74, 6) is -0.668. The molecule has 23 heavy (non-hydrogen) atoms. The van der Waals surface area contributed by atoms with E-state index in [4.69, 9.17) is 10.5 Å². The molecular weight excluding hydrogens is 316 g/mol. The second-order valence-corrected chi connectivity index (χ2v) is 6.09. The molecule has 0 aromatic heterocycles. The van der Waals surface area contributed by atoms with Gasteiger partial charge in [-0.2, -0.15) is 0 Å². The first kappa shape index (κ1) is 19.5. The van der Waals surface area contributed by atoms with E-state index in [0.29, 0.717) is 17.9 Å². The van der Waals surface area contributed by atoms with E-state index in [1.165, 1.54) is 0 Å². The minimum Gasteiger partial charge on any atom is -0.462 e. The number of nitrogens with one attached hydrogen (secondary N) is 1. The lowest BCUT2D eigenvalue weighted by atomic mass is 9.74. The molecule has 0 spiro atoms. The Morgan fingerprint density at radius 2 is 2.13 bits per heavy atom. The van der Waals surface area contributed by atoms with Crippen LogP contribution in [0.25, 0.3) is 0 Å². The largest absolute Gasteiger partial charge is 0.462 e. The lowest BCUT2D eigenvalue weighted by Gasteiger charge is -2.37. The average Bonchev–Trinajstić information content (AvgIpc) is 2.47. The van der Waals surface area contributed by atoms with E-state index in [9.17, 15) is 9.59 Å². The molecule has 1 aliphatic carbocycles. The maximum Gasteiger partial charge on any atom is 0.338 e. The van der Waals surface area contributed by atoms with Gasteiger partial charge in [-0.15, -0.1) is 12.4 Å². The summed E-state index contributed by atoms with van der Waals surface area (Å²) in [7, 11) is 0. The molecule has 128 valence electrons. The average molecular weight is 341 g/mol. The Kier molecular flexibility index (Phi) is 7.03. The first-order valence-corrected chi connectivity index (χ1v) is 7.81. The number of rotatable bonds is 4. The molecule has 0 bridgehead atoms. The predicted molar refractivity (Wildman–Crippen MR) is 92.8 cm³/mol. The SMILES string of the molecule is CCOC(=O)c1cccc(NC(=O)C2CCCCC2(C)N)c1.Cl. The van der Waals surface area contributed by atoms with Crippen LogP contribution in [0.2, 0.25) is 0 Å². The molecule has 2 atom stereocenters. The minimum absolute atomic E-state index is 0. The Morgan fingerprint density at radius 1 is 1.39 bits per heavy atom. The Labute approximate surface area is 143 Å². The molecule has 1 aromatic carbocycles. The van der Waals surface area contributed by atoms with Crippen molar-refractivity contribution in [3.63, 3.8) is 0 Å². The van der Waals surface area contributed by atoms with Crippen LogP contribution in [0.1, 0.15) is 49.9 Å². The smallest absolute Gasteiger partial charge is 0.338 e. The molecule has 2 unspecified atom stereocenters. The lowest BCUT2D eigenvalue weighted by Crippen LogP contribution is -2.51. The molecule has 1 aliphatic rings. The molecule has 5 nitrogen and oxygen atoms in total. The number of esters is 1. The van der Waals surface area contributed by atoms with Gasteiger partial charge in [0, 0.05) is 11.2 Å². The van der Waals surface area contributed by atoms with Crippen molar-refractivity contribution in [1.29, 1.82) is 0 Å². The Balaban J connectivity index is 0.00000264. The van der Waals surface area contributed by atoms with E-state index in [2.05, 4.69) is 5.32 Å². The zero-order valence-electron chi connectivity index (χ0n) is 13.6. The summed E-state index contributed by atoms with van der Waals surface area (Å²) in [5, 5.41) is 2.88. The van der Waals surface area contributed by atoms with Gasteiger partial charge in [0.2, 0.25) is 5.91 Å². The minimum atomic E-state index is -0.471. The number of halogens is 1. The van der Waals surface area contributed by atoms with E-state index >= 15 is 0 Å². The van der Waals surface area contributed by atoms with Crippen molar-refractivity contribution < 1.29 is 14.3 Å². The number of hydrogen-bond acceptors (Lipinski definition) is 4. The Hall–Kier alpha value is -1.59. The molecule has 1 saturated carbocycles. The summed E-state index contributed by atoms with van der Waals surface area (Å²) in [6, 6.07) is 6.79. The predicted octanol–water partition coefficient (Wildman–Crippen LogP) is 3.13. The second-order valence-electron chi connectivity index (χ2n) is 6.09. The maximum atomic E-state index is 12.5. The summed E-state index contributed by atoms with van der Waals surface area (Å²) < 4.78 is 4.97. The summed E-state index contributed by atoms with van der Waals surface area (Å²) in [6.07, 6.45) is 3.74. The lowest BCUT2D eigenvalue weighted by molar-refractivity contribution is -0.122. The van der Waals surface area contributed by atoms with E-state index in [0.717, 1.165) is 25.7 Å². The molecule has 0 heterocycles. The van der Waals surface area contributed by atoms with Gasteiger partial charge >= 0.3 is 5.97 Å². The first-order chi connectivity index (χ1) is 10.4. The molecule has 0 radical (unpaired) electrons. The van der Waals surface area contributed by atoms with Gasteiger partial charge in [-0.1, -0.05) is 18.9 Å². The van der Waals surface area contributed by atoms with E-state index in [-0.39, 0.29) is 30.2 Å². The highest BCUT2D eigenvalue weighted by molar-refractivity contribution is 5.96. The van der Waals surface area contributed by atoms with Crippen molar-refractivity contribution in [2.75, 3.05) is 11.9 Å². The number of nitrogens with two attached hydrogens (primary N) is 1. The number of carbonyl (C=O) groups excluding carboxylic acids is 2. The van der Waals surface area contributed by atoms with Crippen LogP contribution in [-0.4, -0.2) is 24.0 Å². The normalized spacial score (nSPS) is 23.5. The van der Waals surface area contributed by atoms with Gasteiger partial charge in [0.25, 0.3) is 0 Å². The van der Waals surface area contributed by atoms with Crippen LogP contribution in [0.5, 0.6) is 0 Å². The Bertz CT molecular complexity index is 561. The first-order valence-electron chi connectivity index (χ1n) is 7.81. The highest BCUT2D eigenvalue weighted by Gasteiger charge is 2.37. The number of hydrogen-bond donors (Lipinski definition) is 2. The highest BCUT2D eigenvalue weighted by Crippen LogP contribution is 2.32. The van der Waals surface area contributed by atoms with Crippen molar-refractivity contribution >= 4 is 30.0 Å². The number of ether oxygens (including phenoxy) is 1. The van der Waals surface area contributed by atoms with Gasteiger partial charge in [-0.05, 0) is 44.9 Å². The summed E-state index contributed by atoms with van der Waals surface area (Å²) in [4.78, 5) is 24.2. The fourth-order valence-electron chi connectivity index (χ4n) is 2.96. The zero-order chi connectivity index (χ0) is 16.2. The third-order valence-electron chi connectivity index (χ3n) is 4.21. The molecule has 1 amide bonds. The molecule has 0 saturated heterocycles. The van der Waals surface area contributed by atoms with E-state index in [1.807, 2.05) is 6.92 Å². The second kappa shape index (κ2) is 8.31. The molecule has 3 N–H and O–H groups in total. The summed E-state index contributed by atoms with van der Waals surface area (Å²) in [5.41, 5.74) is 6.81. The van der Waals surface area contributed by atoms with Crippen molar-refractivity contribution in [2.24, 2.45) is 11.7 Å². The zero-order valence-corrected chi connectivity index (χ0v) is 14.4. The quantitative estimate of drug-likeness (QED) is 0.825. The molecule has 1 aromatic rings. The number of benzene rings is 1. The van der Waals surface area contributed by atoms with E-state index in [1.54, 1.807) is 31.2 Å². The maximum absolute atomic E-state index is 12.5. The van der Waals surface area contributed by atoms with Crippen LogP contribution in [-0.2, 0) is 9.53 Å². The van der Waals surface area contributed by atoms with Crippen LogP contribution in [0.3, 0.4) is 0 Å². The summed E-state index contributed by atoms with van der Waals surface area (Å²) in [6.45, 7) is 4.02. The van der Waals surface area contributed by atoms with Crippen LogP contribution in [0.4, 0.5) is 5.69 Å². The Morgan fingerprint density at radius 3 is 2.78 bits per heavy atom. The van der Waals surface area contributed by atoms with Gasteiger partial charge in [0.05, 0.1) is 18.1 Å². The van der Waals surface area contributed by atoms with Gasteiger partial charge in [-0.25, -0.2) is 4.79 Å². The number of carbonyl (C=O) groups is 2. The molecule has 1 fully saturated rings. The van der Waals surface area contributed by atoms with Crippen LogP contribution in [0.15, 0.2) is 24.3 Å². The van der Waals surface area contributed by atoms with Crippen molar-refractivity contribution in [2.45, 2.75) is 45.1 Å². The third kappa shape index (κ3) is 4.94. The monoisotopic (exact) mass is 340 g/mol. The van der Waals surface area contributed by atoms with Gasteiger partial charge in [-0.3, -0.25) is 4.79 Å².